The summed E-state index contributed by atoms with van der Waals surface area (Å²) in [6.07, 6.45) is 5.52. The van der Waals surface area contributed by atoms with Gasteiger partial charge in [-0.05, 0) is 55.9 Å². The van der Waals surface area contributed by atoms with Crippen LogP contribution in [0.3, 0.4) is 0 Å². The number of rotatable bonds is 6. The number of carbonyl (C=O) groups is 1. The minimum Gasteiger partial charge on any atom is -0.494 e. The van der Waals surface area contributed by atoms with Crippen molar-refractivity contribution in [2.24, 2.45) is 0 Å². The van der Waals surface area contributed by atoms with E-state index in [2.05, 4.69) is 10.3 Å². The van der Waals surface area contributed by atoms with Gasteiger partial charge in [0.2, 0.25) is 5.91 Å². The van der Waals surface area contributed by atoms with Gasteiger partial charge in [-0.1, -0.05) is 24.3 Å². The van der Waals surface area contributed by atoms with Crippen molar-refractivity contribution < 1.29 is 9.53 Å². The number of hydrogen-bond donors (Lipinski definition) is 2. The molecule has 1 aromatic carbocycles. The van der Waals surface area contributed by atoms with E-state index in [1.54, 1.807) is 0 Å². The third-order valence-corrected chi connectivity index (χ3v) is 5.10. The Bertz CT molecular complexity index is 941. The number of ether oxygens (including phenoxy) is 1. The molecule has 1 aliphatic carbocycles. The molecule has 1 saturated carbocycles. The zero-order chi connectivity index (χ0) is 18.8. The van der Waals surface area contributed by atoms with Crippen LogP contribution in [-0.4, -0.2) is 23.5 Å². The predicted molar refractivity (Wildman–Crippen MR) is 105 cm³/mol. The summed E-state index contributed by atoms with van der Waals surface area (Å²) in [4.78, 5) is 27.2. The monoisotopic (exact) mass is 364 g/mol. The van der Waals surface area contributed by atoms with E-state index in [0.717, 1.165) is 47.4 Å². The summed E-state index contributed by atoms with van der Waals surface area (Å²) < 4.78 is 5.63. The third kappa shape index (κ3) is 3.97. The molecular formula is C22H24N2O3. The van der Waals surface area contributed by atoms with Crippen LogP contribution in [0.25, 0.3) is 5.57 Å². The summed E-state index contributed by atoms with van der Waals surface area (Å²) in [6, 6.07) is 11.7. The number of benzene rings is 1. The maximum atomic E-state index is 12.5. The lowest BCUT2D eigenvalue weighted by Crippen LogP contribution is -2.23. The number of nitrogens with one attached hydrogen (secondary N) is 2. The van der Waals surface area contributed by atoms with Gasteiger partial charge in [0.15, 0.2) is 0 Å². The molecule has 0 bridgehead atoms. The van der Waals surface area contributed by atoms with Gasteiger partial charge in [-0.3, -0.25) is 9.59 Å². The standard InChI is InChI=1S/C22H24N2O3/c1-2-27-17-5-3-4-15(12-17)19(13-16-8-11-21(25)23-16)20-10-9-18(14-6-7-14)22(26)24-20/h3-5,9-10,12-14,16H,2,6-8,11H2,1H3,(H,23,25)(H,24,26)/b19-13+/t16-/m1/s1. The molecule has 0 spiro atoms. The van der Waals surface area contributed by atoms with E-state index in [4.69, 9.17) is 4.74 Å². The summed E-state index contributed by atoms with van der Waals surface area (Å²) in [7, 11) is 0. The lowest BCUT2D eigenvalue weighted by Gasteiger charge is -2.14. The number of pyridine rings is 1. The zero-order valence-electron chi connectivity index (χ0n) is 15.5. The zero-order valence-corrected chi connectivity index (χ0v) is 15.5. The van der Waals surface area contributed by atoms with Gasteiger partial charge in [0, 0.05) is 29.3 Å². The highest BCUT2D eigenvalue weighted by Gasteiger charge is 2.26. The Morgan fingerprint density at radius 2 is 2.04 bits per heavy atom. The van der Waals surface area contributed by atoms with E-state index in [1.807, 2.05) is 49.4 Å². The number of H-pyrrole nitrogens is 1. The summed E-state index contributed by atoms with van der Waals surface area (Å²) in [6.45, 7) is 2.54. The van der Waals surface area contributed by atoms with Crippen molar-refractivity contribution in [3.05, 3.63) is 69.6 Å². The smallest absolute Gasteiger partial charge is 0.251 e. The number of aromatic nitrogens is 1. The quantitative estimate of drug-likeness (QED) is 0.826. The van der Waals surface area contributed by atoms with Gasteiger partial charge in [-0.15, -0.1) is 0 Å². The van der Waals surface area contributed by atoms with Crippen LogP contribution < -0.4 is 15.6 Å². The highest BCUT2D eigenvalue weighted by Crippen LogP contribution is 2.38. The van der Waals surface area contributed by atoms with Crippen molar-refractivity contribution in [1.82, 2.24) is 10.3 Å². The van der Waals surface area contributed by atoms with Crippen LogP contribution in [0.2, 0.25) is 0 Å². The van der Waals surface area contributed by atoms with Crippen LogP contribution in [0.15, 0.2) is 47.3 Å². The van der Waals surface area contributed by atoms with E-state index in [-0.39, 0.29) is 17.5 Å². The lowest BCUT2D eigenvalue weighted by atomic mass is 9.98. The van der Waals surface area contributed by atoms with Crippen LogP contribution >= 0.6 is 0 Å². The average molecular weight is 364 g/mol. The van der Waals surface area contributed by atoms with Crippen LogP contribution in [-0.2, 0) is 4.79 Å². The molecule has 5 heteroatoms. The van der Waals surface area contributed by atoms with Gasteiger partial charge < -0.3 is 15.0 Å². The fourth-order valence-electron chi connectivity index (χ4n) is 3.58. The summed E-state index contributed by atoms with van der Waals surface area (Å²) in [5.41, 5.74) is 3.48. The van der Waals surface area contributed by atoms with Gasteiger partial charge >= 0.3 is 0 Å². The molecule has 2 aliphatic rings. The van der Waals surface area contributed by atoms with Gasteiger partial charge in [0.25, 0.3) is 5.56 Å². The average Bonchev–Trinajstić information content (AvgIpc) is 3.42. The van der Waals surface area contributed by atoms with E-state index >= 15 is 0 Å². The molecule has 2 N–H and O–H groups in total. The van der Waals surface area contributed by atoms with E-state index in [9.17, 15) is 9.59 Å². The van der Waals surface area contributed by atoms with Crippen molar-refractivity contribution in [1.29, 1.82) is 0 Å². The van der Waals surface area contributed by atoms with Crippen LogP contribution in [0.1, 0.15) is 55.3 Å². The Morgan fingerprint density at radius 1 is 1.19 bits per heavy atom. The van der Waals surface area contributed by atoms with Crippen molar-refractivity contribution in [2.45, 2.75) is 44.6 Å². The van der Waals surface area contributed by atoms with Crippen LogP contribution in [0.5, 0.6) is 5.75 Å². The summed E-state index contributed by atoms with van der Waals surface area (Å²) in [5, 5.41) is 2.98. The highest BCUT2D eigenvalue weighted by molar-refractivity contribution is 5.82. The van der Waals surface area contributed by atoms with Crippen molar-refractivity contribution in [2.75, 3.05) is 6.61 Å². The molecule has 0 unspecified atom stereocenters. The Morgan fingerprint density at radius 3 is 2.70 bits per heavy atom. The molecule has 27 heavy (non-hydrogen) atoms. The second-order valence-electron chi connectivity index (χ2n) is 7.18. The van der Waals surface area contributed by atoms with Crippen LogP contribution in [0.4, 0.5) is 0 Å². The fraction of sp³-hybridized carbons (Fsp3) is 0.364. The lowest BCUT2D eigenvalue weighted by molar-refractivity contribution is -0.119. The van der Waals surface area contributed by atoms with Crippen molar-refractivity contribution >= 4 is 11.5 Å². The topological polar surface area (TPSA) is 71.2 Å². The maximum Gasteiger partial charge on any atom is 0.251 e. The third-order valence-electron chi connectivity index (χ3n) is 5.10. The first-order valence-electron chi connectivity index (χ1n) is 9.62. The minimum absolute atomic E-state index is 0.0164. The second-order valence-corrected chi connectivity index (χ2v) is 7.18. The van der Waals surface area contributed by atoms with Gasteiger partial charge in [-0.25, -0.2) is 0 Å². The molecule has 1 atom stereocenters. The Kier molecular flexibility index (Phi) is 4.84. The molecule has 1 amide bonds. The van der Waals surface area contributed by atoms with E-state index in [1.165, 1.54) is 0 Å². The van der Waals surface area contributed by atoms with Gasteiger partial charge in [0.05, 0.1) is 6.61 Å². The normalized spacial score (nSPS) is 19.8. The largest absolute Gasteiger partial charge is 0.494 e. The highest BCUT2D eigenvalue weighted by atomic mass is 16.5. The first-order valence-corrected chi connectivity index (χ1v) is 9.62. The summed E-state index contributed by atoms with van der Waals surface area (Å²) >= 11 is 0. The second kappa shape index (κ2) is 7.43. The molecule has 0 radical (unpaired) electrons. The van der Waals surface area contributed by atoms with Crippen molar-refractivity contribution in [3.8, 4) is 5.75 Å². The molecule has 2 aromatic rings. The van der Waals surface area contributed by atoms with Crippen LogP contribution in [0, 0.1) is 0 Å². The predicted octanol–water partition coefficient (Wildman–Crippen LogP) is 3.36. The van der Waals surface area contributed by atoms with E-state index < -0.39 is 0 Å². The summed E-state index contributed by atoms with van der Waals surface area (Å²) in [5.74, 6) is 1.26. The molecule has 2 fully saturated rings. The molecular weight excluding hydrogens is 340 g/mol. The molecule has 140 valence electrons. The molecule has 5 nitrogen and oxygen atoms in total. The fourth-order valence-corrected chi connectivity index (χ4v) is 3.58. The SMILES string of the molecule is CCOc1cccc(/C(=C\[C@H]2CCC(=O)N2)c2ccc(C3CC3)c(=O)[nH]2)c1. The Balaban J connectivity index is 1.75. The molecule has 1 aliphatic heterocycles. The van der Waals surface area contributed by atoms with Crippen molar-refractivity contribution in [3.63, 3.8) is 0 Å². The molecule has 1 saturated heterocycles. The molecule has 2 heterocycles. The van der Waals surface area contributed by atoms with E-state index in [0.29, 0.717) is 18.9 Å². The Labute approximate surface area is 158 Å². The first-order chi connectivity index (χ1) is 13.1. The Hall–Kier alpha value is -2.82. The molecule has 1 aromatic heterocycles. The number of hydrogen-bond acceptors (Lipinski definition) is 3. The number of amides is 1. The van der Waals surface area contributed by atoms with Gasteiger partial charge in [0.1, 0.15) is 5.75 Å². The number of carbonyl (C=O) groups excluding carboxylic acids is 1. The van der Waals surface area contributed by atoms with Gasteiger partial charge in [-0.2, -0.15) is 0 Å². The maximum absolute atomic E-state index is 12.5. The minimum atomic E-state index is -0.0325. The number of aromatic amines is 1. The molecule has 4 rings (SSSR count). The first kappa shape index (κ1) is 17.6.